The molecule has 2 N–H and O–H groups in total. The smallest absolute Gasteiger partial charge is 0.410 e. The number of hydrogen-bond donors (Lipinski definition) is 2. The summed E-state index contributed by atoms with van der Waals surface area (Å²) in [6.07, 6.45) is 0.952. The molecule has 1 fully saturated rings. The first-order valence-corrected chi connectivity index (χ1v) is 14.8. The molecule has 0 bridgehead atoms. The van der Waals surface area contributed by atoms with E-state index < -0.39 is 47.6 Å². The molecule has 1 aromatic carbocycles. The molecule has 11 nitrogen and oxygen atoms in total. The van der Waals surface area contributed by atoms with Crippen molar-refractivity contribution in [2.45, 2.75) is 104 Å². The van der Waals surface area contributed by atoms with Gasteiger partial charge in [-0.25, -0.2) is 4.79 Å². The lowest BCUT2D eigenvalue weighted by Crippen LogP contribution is -2.54. The Morgan fingerprint density at radius 3 is 2.33 bits per heavy atom. The van der Waals surface area contributed by atoms with Crippen LogP contribution < -0.4 is 10.6 Å². The minimum atomic E-state index is -0.864. The molecule has 0 saturated carbocycles. The summed E-state index contributed by atoms with van der Waals surface area (Å²) in [7, 11) is 0. The third-order valence-corrected chi connectivity index (χ3v) is 6.75. The zero-order valence-electron chi connectivity index (χ0n) is 26.1. The van der Waals surface area contributed by atoms with Crippen LogP contribution in [0.1, 0.15) is 79.7 Å². The standard InChI is InChI=1S/C31H48N4O7/c1-8-41-27(37)19-32-28(38)24(17-21(2)3)33-29(39)25-15-12-16-34(25)26(36)18-22(4)35(30(40)42-31(5,6)7)20-23-13-10-9-11-14-23/h9-11,13-14,21-22,24-25H,8,12,15-20H2,1-7H3,(H,32,38)(H,33,39)/t22?,24-,25-/m0/s1. The Labute approximate surface area is 249 Å². The Bertz CT molecular complexity index is 1070. The quantitative estimate of drug-likeness (QED) is 0.337. The van der Waals surface area contributed by atoms with Gasteiger partial charge < -0.3 is 29.9 Å². The second-order valence-electron chi connectivity index (χ2n) is 12.1. The SMILES string of the molecule is CCOC(=O)CNC(=O)[C@H](CC(C)C)NC(=O)[C@@H]1CCCN1C(=O)CC(C)N(Cc1ccccc1)C(=O)OC(C)(C)C. The van der Waals surface area contributed by atoms with Crippen molar-refractivity contribution < 1.29 is 33.4 Å². The zero-order valence-corrected chi connectivity index (χ0v) is 26.1. The maximum Gasteiger partial charge on any atom is 0.410 e. The number of benzene rings is 1. The van der Waals surface area contributed by atoms with Gasteiger partial charge in [-0.3, -0.25) is 19.2 Å². The predicted molar refractivity (Wildman–Crippen MR) is 158 cm³/mol. The number of ether oxygens (including phenoxy) is 2. The lowest BCUT2D eigenvalue weighted by atomic mass is 10.0. The maximum atomic E-state index is 13.5. The van der Waals surface area contributed by atoms with Crippen LogP contribution in [0, 0.1) is 5.92 Å². The number of nitrogens with zero attached hydrogens (tertiary/aromatic N) is 2. The van der Waals surface area contributed by atoms with Crippen molar-refractivity contribution in [3.05, 3.63) is 35.9 Å². The lowest BCUT2D eigenvalue weighted by molar-refractivity contribution is -0.144. The fourth-order valence-electron chi connectivity index (χ4n) is 4.78. The summed E-state index contributed by atoms with van der Waals surface area (Å²) in [5.41, 5.74) is 0.196. The summed E-state index contributed by atoms with van der Waals surface area (Å²) in [5, 5.41) is 5.33. The average Bonchev–Trinajstić information content (AvgIpc) is 3.40. The first-order valence-electron chi connectivity index (χ1n) is 14.8. The summed E-state index contributed by atoms with van der Waals surface area (Å²) in [6, 6.07) is 7.37. The molecule has 0 aromatic heterocycles. The van der Waals surface area contributed by atoms with Crippen LogP contribution in [-0.4, -0.2) is 83.0 Å². The van der Waals surface area contributed by atoms with Crippen LogP contribution >= 0.6 is 0 Å². The summed E-state index contributed by atoms with van der Waals surface area (Å²) >= 11 is 0. The summed E-state index contributed by atoms with van der Waals surface area (Å²) in [5.74, 6) is -1.62. The number of carbonyl (C=O) groups excluding carboxylic acids is 5. The van der Waals surface area contributed by atoms with E-state index in [4.69, 9.17) is 9.47 Å². The van der Waals surface area contributed by atoms with Crippen molar-refractivity contribution in [3.63, 3.8) is 0 Å². The van der Waals surface area contributed by atoms with Crippen LogP contribution in [0.5, 0.6) is 0 Å². The fourth-order valence-corrected chi connectivity index (χ4v) is 4.78. The van der Waals surface area contributed by atoms with E-state index in [2.05, 4.69) is 10.6 Å². The average molecular weight is 589 g/mol. The van der Waals surface area contributed by atoms with Crippen molar-refractivity contribution in [1.82, 2.24) is 20.4 Å². The van der Waals surface area contributed by atoms with Gasteiger partial charge in [0.25, 0.3) is 0 Å². The van der Waals surface area contributed by atoms with Crippen molar-refractivity contribution in [1.29, 1.82) is 0 Å². The molecule has 42 heavy (non-hydrogen) atoms. The Morgan fingerprint density at radius 2 is 1.74 bits per heavy atom. The normalized spacial score (nSPS) is 16.4. The van der Waals surface area contributed by atoms with E-state index in [-0.39, 0.29) is 37.9 Å². The topological polar surface area (TPSA) is 134 Å². The Kier molecular flexibility index (Phi) is 13.3. The van der Waals surface area contributed by atoms with E-state index in [1.54, 1.807) is 34.6 Å². The van der Waals surface area contributed by atoms with Gasteiger partial charge in [-0.2, -0.15) is 0 Å². The molecule has 1 aromatic rings. The molecule has 0 spiro atoms. The summed E-state index contributed by atoms with van der Waals surface area (Å²) in [6.45, 7) is 13.3. The van der Waals surface area contributed by atoms with Gasteiger partial charge in [0.2, 0.25) is 17.7 Å². The Morgan fingerprint density at radius 1 is 1.07 bits per heavy atom. The number of hydrogen-bond acceptors (Lipinski definition) is 7. The van der Waals surface area contributed by atoms with Gasteiger partial charge in [0.15, 0.2) is 0 Å². The molecule has 1 aliphatic rings. The number of nitrogens with one attached hydrogen (secondary N) is 2. The zero-order chi connectivity index (χ0) is 31.4. The highest BCUT2D eigenvalue weighted by Crippen LogP contribution is 2.22. The predicted octanol–water partition coefficient (Wildman–Crippen LogP) is 3.40. The molecule has 1 aliphatic heterocycles. The van der Waals surface area contributed by atoms with Gasteiger partial charge in [0.1, 0.15) is 24.2 Å². The lowest BCUT2D eigenvalue weighted by Gasteiger charge is -2.33. The molecule has 1 unspecified atom stereocenters. The molecule has 2 rings (SSSR count). The van der Waals surface area contributed by atoms with Gasteiger partial charge in [0.05, 0.1) is 6.61 Å². The van der Waals surface area contributed by atoms with Gasteiger partial charge in [0, 0.05) is 25.6 Å². The van der Waals surface area contributed by atoms with Gasteiger partial charge in [-0.1, -0.05) is 44.2 Å². The molecule has 4 amide bonds. The van der Waals surface area contributed by atoms with Gasteiger partial charge in [-0.15, -0.1) is 0 Å². The molecule has 0 radical (unpaired) electrons. The Balaban J connectivity index is 2.11. The van der Waals surface area contributed by atoms with Crippen LogP contribution in [-0.2, 0) is 35.2 Å². The van der Waals surface area contributed by atoms with Crippen molar-refractivity contribution in [3.8, 4) is 0 Å². The van der Waals surface area contributed by atoms with Gasteiger partial charge in [-0.05, 0) is 65.4 Å². The van der Waals surface area contributed by atoms with E-state index in [9.17, 15) is 24.0 Å². The Hall–Kier alpha value is -3.63. The van der Waals surface area contributed by atoms with E-state index in [1.807, 2.05) is 44.2 Å². The molecular formula is C31H48N4O7. The number of rotatable bonds is 13. The molecule has 1 saturated heterocycles. The van der Waals surface area contributed by atoms with Crippen LogP contribution in [0.15, 0.2) is 30.3 Å². The van der Waals surface area contributed by atoms with Gasteiger partial charge >= 0.3 is 12.1 Å². The van der Waals surface area contributed by atoms with Crippen LogP contribution in [0.2, 0.25) is 0 Å². The van der Waals surface area contributed by atoms with Crippen molar-refractivity contribution >= 4 is 29.8 Å². The maximum absolute atomic E-state index is 13.5. The highest BCUT2D eigenvalue weighted by molar-refractivity contribution is 5.93. The molecule has 3 atom stereocenters. The van der Waals surface area contributed by atoms with Crippen molar-refractivity contribution in [2.24, 2.45) is 5.92 Å². The molecule has 234 valence electrons. The third kappa shape index (κ3) is 11.3. The number of esters is 1. The molecule has 11 heteroatoms. The summed E-state index contributed by atoms with van der Waals surface area (Å²) in [4.78, 5) is 67.6. The van der Waals surface area contributed by atoms with Crippen LogP contribution in [0.4, 0.5) is 4.79 Å². The monoisotopic (exact) mass is 588 g/mol. The second-order valence-corrected chi connectivity index (χ2v) is 12.1. The number of amides is 4. The van der Waals surface area contributed by atoms with Crippen LogP contribution in [0.25, 0.3) is 0 Å². The van der Waals surface area contributed by atoms with E-state index >= 15 is 0 Å². The summed E-state index contributed by atoms with van der Waals surface area (Å²) < 4.78 is 10.5. The van der Waals surface area contributed by atoms with E-state index in [1.165, 1.54) is 9.80 Å². The first-order chi connectivity index (χ1) is 19.7. The van der Waals surface area contributed by atoms with Crippen LogP contribution in [0.3, 0.4) is 0 Å². The third-order valence-electron chi connectivity index (χ3n) is 6.75. The minimum Gasteiger partial charge on any atom is -0.465 e. The highest BCUT2D eigenvalue weighted by Gasteiger charge is 2.37. The molecule has 0 aliphatic carbocycles. The number of carbonyl (C=O) groups is 5. The molecule has 1 heterocycles. The first kappa shape index (κ1) is 34.6. The number of likely N-dealkylation sites (tertiary alicyclic amines) is 1. The van der Waals surface area contributed by atoms with E-state index in [0.29, 0.717) is 25.8 Å². The van der Waals surface area contributed by atoms with Crippen molar-refractivity contribution in [2.75, 3.05) is 19.7 Å². The highest BCUT2D eigenvalue weighted by atomic mass is 16.6. The minimum absolute atomic E-state index is 0.00526. The second kappa shape index (κ2) is 16.1. The largest absolute Gasteiger partial charge is 0.465 e. The van der Waals surface area contributed by atoms with E-state index in [0.717, 1.165) is 5.56 Å². The fraction of sp³-hybridized carbons (Fsp3) is 0.645. The molecular weight excluding hydrogens is 540 g/mol.